The van der Waals surface area contributed by atoms with E-state index in [1.165, 1.54) is 31.0 Å². The molecule has 1 amide bonds. The number of nitrogens with zero attached hydrogens (tertiary/aromatic N) is 1. The molecule has 3 rings (SSSR count). The molecule has 0 saturated carbocycles. The van der Waals surface area contributed by atoms with Gasteiger partial charge in [-0.15, -0.1) is 11.8 Å². The van der Waals surface area contributed by atoms with Gasteiger partial charge in [0.15, 0.2) is 17.7 Å². The predicted octanol–water partition coefficient (Wildman–Crippen LogP) is 3.09. The van der Waals surface area contributed by atoms with Crippen molar-refractivity contribution in [3.63, 3.8) is 0 Å². The minimum absolute atomic E-state index is 0.125. The summed E-state index contributed by atoms with van der Waals surface area (Å²) in [5, 5.41) is 13.8. The van der Waals surface area contributed by atoms with Crippen LogP contribution in [0, 0.1) is 5.82 Å². The fourth-order valence-electron chi connectivity index (χ4n) is 3.19. The highest BCUT2D eigenvalue weighted by Crippen LogP contribution is 2.51. The number of nitrogens with one attached hydrogen (secondary N) is 1. The monoisotopic (exact) mass is 390 g/mol. The number of benzene rings is 2. The molecule has 0 saturated heterocycles. The lowest BCUT2D eigenvalue weighted by atomic mass is 9.88. The van der Waals surface area contributed by atoms with Gasteiger partial charge >= 0.3 is 0 Å². The van der Waals surface area contributed by atoms with E-state index >= 15 is 0 Å². The fourth-order valence-corrected chi connectivity index (χ4v) is 4.62. The number of rotatable bonds is 5. The number of fused-ring (bicyclic) bond motifs is 1. The van der Waals surface area contributed by atoms with Crippen LogP contribution in [0.3, 0.4) is 0 Å². The minimum atomic E-state index is -1.34. The van der Waals surface area contributed by atoms with Crippen LogP contribution in [0.2, 0.25) is 0 Å². The van der Waals surface area contributed by atoms with Gasteiger partial charge in [-0.25, -0.2) is 4.39 Å². The molecule has 0 spiro atoms. The molecule has 144 valence electrons. The van der Waals surface area contributed by atoms with Crippen molar-refractivity contribution in [2.24, 2.45) is 0 Å². The highest BCUT2D eigenvalue weighted by molar-refractivity contribution is 8.00. The van der Waals surface area contributed by atoms with Gasteiger partial charge in [0.25, 0.3) is 5.91 Å². The summed E-state index contributed by atoms with van der Waals surface area (Å²) in [6, 6.07) is 12.0. The smallest absolute Gasteiger partial charge is 0.255 e. The molecule has 2 N–H and O–H groups in total. The van der Waals surface area contributed by atoms with Crippen LogP contribution in [-0.2, 0) is 9.54 Å². The molecule has 0 radical (unpaired) electrons. The van der Waals surface area contributed by atoms with Crippen LogP contribution in [0.15, 0.2) is 47.4 Å². The number of anilines is 1. The Bertz CT molecular complexity index is 846. The molecule has 27 heavy (non-hydrogen) atoms. The maximum Gasteiger partial charge on any atom is 0.255 e. The van der Waals surface area contributed by atoms with Crippen molar-refractivity contribution in [1.82, 2.24) is 4.90 Å². The average Bonchev–Trinajstić information content (AvgIpc) is 2.75. The van der Waals surface area contributed by atoms with Gasteiger partial charge in [0.1, 0.15) is 0 Å². The Morgan fingerprint density at radius 2 is 2.04 bits per heavy atom. The molecule has 2 unspecified atom stereocenters. The third-order valence-electron chi connectivity index (χ3n) is 4.70. The zero-order valence-corrected chi connectivity index (χ0v) is 16.3. The molecule has 1 aliphatic heterocycles. The highest BCUT2D eigenvalue weighted by atomic mass is 32.2. The zero-order valence-electron chi connectivity index (χ0n) is 15.5. The number of aliphatic hydroxyl groups is 1. The van der Waals surface area contributed by atoms with E-state index < -0.39 is 22.6 Å². The van der Waals surface area contributed by atoms with Gasteiger partial charge in [0, 0.05) is 4.90 Å². The van der Waals surface area contributed by atoms with Crippen LogP contribution in [0.25, 0.3) is 0 Å². The van der Waals surface area contributed by atoms with Gasteiger partial charge in [-0.2, -0.15) is 0 Å². The number of carbonyl (C=O) groups is 1. The molecule has 0 aromatic heterocycles. The summed E-state index contributed by atoms with van der Waals surface area (Å²) in [7, 11) is 5.24. The number of amides is 1. The van der Waals surface area contributed by atoms with Gasteiger partial charge < -0.3 is 20.1 Å². The summed E-state index contributed by atoms with van der Waals surface area (Å²) in [5.74, 6) is -0.896. The van der Waals surface area contributed by atoms with Crippen LogP contribution in [0.1, 0.15) is 12.0 Å². The Morgan fingerprint density at radius 3 is 2.70 bits per heavy atom. The molecule has 5 nitrogen and oxygen atoms in total. The number of aliphatic hydroxyl groups excluding tert-OH is 1. The first-order valence-electron chi connectivity index (χ1n) is 8.63. The van der Waals surface area contributed by atoms with Gasteiger partial charge in [-0.3, -0.25) is 4.79 Å². The summed E-state index contributed by atoms with van der Waals surface area (Å²) in [6.07, 6.45) is -0.887. The summed E-state index contributed by atoms with van der Waals surface area (Å²) >= 11 is 1.39. The largest absolute Gasteiger partial charge is 0.494 e. The lowest BCUT2D eigenvalue weighted by molar-refractivity contribution is -0.125. The van der Waals surface area contributed by atoms with Crippen molar-refractivity contribution >= 4 is 23.4 Å². The summed E-state index contributed by atoms with van der Waals surface area (Å²) in [5.41, 5.74) is 1.19. The molecule has 2 aromatic rings. The lowest BCUT2D eigenvalue weighted by Crippen LogP contribution is -2.45. The van der Waals surface area contributed by atoms with E-state index in [-0.39, 0.29) is 5.75 Å². The van der Waals surface area contributed by atoms with Crippen LogP contribution >= 0.6 is 11.8 Å². The second-order valence-corrected chi connectivity index (χ2v) is 8.15. The third-order valence-corrected chi connectivity index (χ3v) is 6.30. The number of ether oxygens (including phenoxy) is 1. The number of thioether (sulfide) groups is 1. The third kappa shape index (κ3) is 3.81. The second kappa shape index (κ2) is 7.88. The molecule has 2 aromatic carbocycles. The van der Waals surface area contributed by atoms with Crippen molar-refractivity contribution in [2.75, 3.05) is 33.1 Å². The molecular weight excluding hydrogens is 367 g/mol. The van der Waals surface area contributed by atoms with E-state index in [0.717, 1.165) is 4.90 Å². The SMILES string of the molecule is COc1ccc(C2(CCN(C)C)Sc3ccccc3NC(=O)C2O)cc1F. The first-order chi connectivity index (χ1) is 12.9. The van der Waals surface area contributed by atoms with Gasteiger partial charge in [0.05, 0.1) is 17.5 Å². The molecule has 0 aliphatic carbocycles. The Kier molecular flexibility index (Phi) is 5.74. The fraction of sp³-hybridized carbons (Fsp3) is 0.350. The number of halogens is 1. The van der Waals surface area contributed by atoms with Gasteiger partial charge in [0.2, 0.25) is 0 Å². The van der Waals surface area contributed by atoms with Gasteiger partial charge in [-0.1, -0.05) is 18.2 Å². The Hall–Kier alpha value is -2.09. The number of hydrogen-bond acceptors (Lipinski definition) is 5. The van der Waals surface area contributed by atoms with Crippen LogP contribution in [0.5, 0.6) is 5.75 Å². The molecular formula is C20H23FN2O3S. The van der Waals surface area contributed by atoms with Crippen molar-refractivity contribution in [3.05, 3.63) is 53.8 Å². The molecule has 0 fully saturated rings. The van der Waals surface area contributed by atoms with Crippen LogP contribution in [-0.4, -0.2) is 49.8 Å². The van der Waals surface area contributed by atoms with E-state index in [1.807, 2.05) is 37.2 Å². The maximum atomic E-state index is 14.5. The summed E-state index contributed by atoms with van der Waals surface area (Å²) < 4.78 is 18.5. The average molecular weight is 390 g/mol. The van der Waals surface area contributed by atoms with E-state index in [4.69, 9.17) is 4.74 Å². The Labute approximate surface area is 162 Å². The predicted molar refractivity (Wildman–Crippen MR) is 105 cm³/mol. The zero-order chi connectivity index (χ0) is 19.6. The molecule has 1 aliphatic rings. The molecule has 2 atom stereocenters. The van der Waals surface area contributed by atoms with Crippen LogP contribution in [0.4, 0.5) is 10.1 Å². The quantitative estimate of drug-likeness (QED) is 0.822. The van der Waals surface area contributed by atoms with E-state index in [0.29, 0.717) is 24.2 Å². The van der Waals surface area contributed by atoms with Gasteiger partial charge in [-0.05, 0) is 56.9 Å². The standard InChI is InChI=1S/C20H23FN2O3S/c1-23(2)11-10-20(13-8-9-16(26-3)14(21)12-13)18(24)19(25)22-15-6-4-5-7-17(15)27-20/h4-9,12,18,24H,10-11H2,1-3H3,(H,22,25). The topological polar surface area (TPSA) is 61.8 Å². The first kappa shape index (κ1) is 19.7. The second-order valence-electron chi connectivity index (χ2n) is 6.78. The number of carbonyl (C=O) groups excluding carboxylic acids is 1. The molecule has 7 heteroatoms. The summed E-state index contributed by atoms with van der Waals surface area (Å²) in [6.45, 7) is 0.618. The lowest BCUT2D eigenvalue weighted by Gasteiger charge is -2.36. The maximum absolute atomic E-state index is 14.5. The molecule has 0 bridgehead atoms. The number of para-hydroxylation sites is 1. The number of hydrogen-bond donors (Lipinski definition) is 2. The van der Waals surface area contributed by atoms with Crippen molar-refractivity contribution in [1.29, 1.82) is 0 Å². The van der Waals surface area contributed by atoms with Crippen molar-refractivity contribution < 1.29 is 19.0 Å². The molecule has 1 heterocycles. The minimum Gasteiger partial charge on any atom is -0.494 e. The van der Waals surface area contributed by atoms with Crippen molar-refractivity contribution in [3.8, 4) is 5.75 Å². The highest BCUT2D eigenvalue weighted by Gasteiger charge is 2.47. The first-order valence-corrected chi connectivity index (χ1v) is 9.45. The number of methoxy groups -OCH3 is 1. The normalized spacial score (nSPS) is 22.1. The van der Waals surface area contributed by atoms with E-state index in [1.54, 1.807) is 12.1 Å². The van der Waals surface area contributed by atoms with E-state index in [2.05, 4.69) is 5.32 Å². The van der Waals surface area contributed by atoms with E-state index in [9.17, 15) is 14.3 Å². The van der Waals surface area contributed by atoms with Crippen LogP contribution < -0.4 is 10.1 Å². The Morgan fingerprint density at radius 1 is 1.30 bits per heavy atom. The Balaban J connectivity index is 2.16. The van der Waals surface area contributed by atoms with Crippen molar-refractivity contribution in [2.45, 2.75) is 22.2 Å². The summed E-state index contributed by atoms with van der Waals surface area (Å²) in [4.78, 5) is 15.5.